The molecule has 4 nitrogen and oxygen atoms in total. The van der Waals surface area contributed by atoms with Gasteiger partial charge in [0.15, 0.2) is 0 Å². The quantitative estimate of drug-likeness (QED) is 0.700. The summed E-state index contributed by atoms with van der Waals surface area (Å²) in [4.78, 5) is 23.7. The molecule has 2 atom stereocenters. The van der Waals surface area contributed by atoms with Gasteiger partial charge in [-0.15, -0.1) is 0 Å². The number of esters is 2. The second-order valence-corrected chi connectivity index (χ2v) is 7.03. The molecule has 0 N–H and O–H groups in total. The Morgan fingerprint density at radius 3 is 1.33 bits per heavy atom. The van der Waals surface area contributed by atoms with E-state index in [0.717, 1.165) is 22.3 Å². The average molecular weight is 334 g/mol. The van der Waals surface area contributed by atoms with Crippen LogP contribution in [0.1, 0.15) is 76.0 Å². The molecule has 1 aromatic carbocycles. The maximum Gasteiger partial charge on any atom is 0.308 e. The van der Waals surface area contributed by atoms with Crippen LogP contribution in [0.2, 0.25) is 0 Å². The van der Waals surface area contributed by atoms with Crippen molar-refractivity contribution in [1.82, 2.24) is 0 Å². The third kappa shape index (κ3) is 5.08. The van der Waals surface area contributed by atoms with Crippen molar-refractivity contribution in [3.63, 3.8) is 0 Å². The zero-order chi connectivity index (χ0) is 18.6. The van der Waals surface area contributed by atoms with E-state index < -0.39 is 0 Å². The average Bonchev–Trinajstić information content (AvgIpc) is 2.46. The lowest BCUT2D eigenvalue weighted by atomic mass is 9.94. The normalized spacial score (nSPS) is 13.8. The van der Waals surface area contributed by atoms with Crippen molar-refractivity contribution in [2.75, 3.05) is 0 Å². The van der Waals surface area contributed by atoms with Crippen molar-refractivity contribution in [1.29, 1.82) is 0 Å². The van der Waals surface area contributed by atoms with Crippen LogP contribution in [-0.2, 0) is 19.1 Å². The van der Waals surface area contributed by atoms with Crippen LogP contribution in [0.3, 0.4) is 0 Å². The van der Waals surface area contributed by atoms with Gasteiger partial charge in [0.05, 0.1) is 11.8 Å². The highest BCUT2D eigenvalue weighted by atomic mass is 16.5. The second kappa shape index (κ2) is 8.32. The summed E-state index contributed by atoms with van der Waals surface area (Å²) in [5.74, 6) is -0.765. The molecule has 0 saturated carbocycles. The van der Waals surface area contributed by atoms with E-state index in [1.165, 1.54) is 0 Å². The first-order valence-corrected chi connectivity index (χ1v) is 8.56. The van der Waals surface area contributed by atoms with Crippen LogP contribution in [0.15, 0.2) is 12.1 Å². The monoisotopic (exact) mass is 334 g/mol. The maximum absolute atomic E-state index is 11.9. The zero-order valence-electron chi connectivity index (χ0n) is 16.1. The van der Waals surface area contributed by atoms with Gasteiger partial charge in [-0.2, -0.15) is 0 Å². The molecule has 0 saturated heterocycles. The Labute approximate surface area is 145 Å². The van der Waals surface area contributed by atoms with Crippen molar-refractivity contribution in [3.05, 3.63) is 34.4 Å². The number of ether oxygens (including phenoxy) is 2. The number of aryl methyl sites for hydroxylation is 2. The molecule has 0 bridgehead atoms. The summed E-state index contributed by atoms with van der Waals surface area (Å²) < 4.78 is 11.1. The summed E-state index contributed by atoms with van der Waals surface area (Å²) in [5, 5.41) is 0. The van der Waals surface area contributed by atoms with Gasteiger partial charge in [-0.05, 0) is 56.0 Å². The van der Waals surface area contributed by atoms with Crippen LogP contribution in [0.4, 0.5) is 0 Å². The Kier molecular flexibility index (Phi) is 7.00. The van der Waals surface area contributed by atoms with Crippen LogP contribution in [0.25, 0.3) is 0 Å². The second-order valence-electron chi connectivity index (χ2n) is 7.03. The number of carbonyl (C=O) groups excluding carboxylic acids is 2. The van der Waals surface area contributed by atoms with Gasteiger partial charge in [0.1, 0.15) is 12.2 Å². The van der Waals surface area contributed by atoms with Crippen molar-refractivity contribution in [3.8, 4) is 0 Å². The van der Waals surface area contributed by atoms with Gasteiger partial charge in [-0.3, -0.25) is 9.59 Å². The highest BCUT2D eigenvalue weighted by molar-refractivity contribution is 5.72. The molecule has 24 heavy (non-hydrogen) atoms. The van der Waals surface area contributed by atoms with Crippen LogP contribution >= 0.6 is 0 Å². The molecule has 0 aliphatic rings. The number of benzene rings is 1. The molecule has 0 heterocycles. The van der Waals surface area contributed by atoms with E-state index in [1.807, 2.05) is 67.5 Å². The fourth-order valence-corrected chi connectivity index (χ4v) is 2.51. The summed E-state index contributed by atoms with van der Waals surface area (Å²) in [6, 6.07) is 4.03. The van der Waals surface area contributed by atoms with Gasteiger partial charge < -0.3 is 9.47 Å². The fraction of sp³-hybridized carbons (Fsp3) is 0.600. The SMILES string of the molecule is Cc1cc(C)c([C@@H](C)OC(=O)C(C)C)cc1[C@H](C)OC(=O)C(C)C. The van der Waals surface area contributed by atoms with Gasteiger partial charge in [-0.25, -0.2) is 0 Å². The van der Waals surface area contributed by atoms with E-state index in [9.17, 15) is 9.59 Å². The molecule has 134 valence electrons. The van der Waals surface area contributed by atoms with Crippen LogP contribution in [-0.4, -0.2) is 11.9 Å². The summed E-state index contributed by atoms with van der Waals surface area (Å²) in [7, 11) is 0. The van der Waals surface area contributed by atoms with Crippen LogP contribution in [0.5, 0.6) is 0 Å². The lowest BCUT2D eigenvalue weighted by Gasteiger charge is -2.22. The maximum atomic E-state index is 11.9. The first kappa shape index (κ1) is 20.2. The third-order valence-corrected chi connectivity index (χ3v) is 4.06. The van der Waals surface area contributed by atoms with Crippen molar-refractivity contribution >= 4 is 11.9 Å². The van der Waals surface area contributed by atoms with E-state index in [1.54, 1.807) is 0 Å². The van der Waals surface area contributed by atoms with E-state index >= 15 is 0 Å². The lowest BCUT2D eigenvalue weighted by molar-refractivity contribution is -0.153. The predicted octanol–water partition coefficient (Wildman–Crippen LogP) is 4.82. The number of hydrogen-bond acceptors (Lipinski definition) is 4. The van der Waals surface area contributed by atoms with E-state index in [-0.39, 0.29) is 36.0 Å². The molecule has 0 fully saturated rings. The molecule has 0 radical (unpaired) electrons. The number of rotatable bonds is 6. The molecular formula is C20H30O4. The minimum Gasteiger partial charge on any atom is -0.458 e. The summed E-state index contributed by atoms with van der Waals surface area (Å²) in [5.41, 5.74) is 4.00. The molecule has 0 amide bonds. The molecular weight excluding hydrogens is 304 g/mol. The van der Waals surface area contributed by atoms with Gasteiger partial charge >= 0.3 is 11.9 Å². The highest BCUT2D eigenvalue weighted by Crippen LogP contribution is 2.30. The lowest BCUT2D eigenvalue weighted by Crippen LogP contribution is -2.17. The Morgan fingerprint density at radius 1 is 0.708 bits per heavy atom. The molecule has 1 aromatic rings. The Balaban J connectivity index is 3.08. The summed E-state index contributed by atoms with van der Waals surface area (Å²) >= 11 is 0. The Bertz CT molecular complexity index is 553. The first-order chi connectivity index (χ1) is 11.0. The molecule has 0 spiro atoms. The van der Waals surface area contributed by atoms with E-state index in [4.69, 9.17) is 9.47 Å². The minimum absolute atomic E-state index is 0.163. The molecule has 0 aliphatic heterocycles. The Morgan fingerprint density at radius 2 is 1.04 bits per heavy atom. The molecule has 0 aromatic heterocycles. The van der Waals surface area contributed by atoms with Gasteiger partial charge in [0.25, 0.3) is 0 Å². The molecule has 0 unspecified atom stereocenters. The van der Waals surface area contributed by atoms with Gasteiger partial charge in [0, 0.05) is 0 Å². The van der Waals surface area contributed by atoms with Crippen molar-refractivity contribution < 1.29 is 19.1 Å². The van der Waals surface area contributed by atoms with Crippen molar-refractivity contribution in [2.24, 2.45) is 11.8 Å². The Hall–Kier alpha value is -1.84. The standard InChI is InChI=1S/C20H30O4/c1-11(2)19(21)23-15(7)17-10-18(14(6)9-13(17)5)16(8)24-20(22)12(3)4/h9-12,15-16H,1-8H3/t15-,16+. The molecule has 1 rings (SSSR count). The van der Waals surface area contributed by atoms with Gasteiger partial charge in [-0.1, -0.05) is 33.8 Å². The fourth-order valence-electron chi connectivity index (χ4n) is 2.51. The van der Waals surface area contributed by atoms with Crippen LogP contribution in [0, 0.1) is 25.7 Å². The van der Waals surface area contributed by atoms with E-state index in [2.05, 4.69) is 0 Å². The smallest absolute Gasteiger partial charge is 0.308 e. The topological polar surface area (TPSA) is 52.6 Å². The molecule has 4 heteroatoms. The van der Waals surface area contributed by atoms with E-state index in [0.29, 0.717) is 0 Å². The minimum atomic E-state index is -0.341. The number of carbonyl (C=O) groups is 2. The largest absolute Gasteiger partial charge is 0.458 e. The molecule has 0 aliphatic carbocycles. The summed E-state index contributed by atoms with van der Waals surface area (Å²) in [6.07, 6.45) is -0.681. The van der Waals surface area contributed by atoms with Crippen LogP contribution < -0.4 is 0 Å². The summed E-state index contributed by atoms with van der Waals surface area (Å²) in [6.45, 7) is 15.0. The zero-order valence-corrected chi connectivity index (χ0v) is 16.1. The van der Waals surface area contributed by atoms with Gasteiger partial charge in [0.2, 0.25) is 0 Å². The predicted molar refractivity (Wildman–Crippen MR) is 94.6 cm³/mol. The van der Waals surface area contributed by atoms with Crippen molar-refractivity contribution in [2.45, 2.75) is 67.6 Å². The number of hydrogen-bond donors (Lipinski definition) is 0. The highest BCUT2D eigenvalue weighted by Gasteiger charge is 2.21. The first-order valence-electron chi connectivity index (χ1n) is 8.56. The third-order valence-electron chi connectivity index (χ3n) is 4.06.